The summed E-state index contributed by atoms with van der Waals surface area (Å²) in [6.45, 7) is 0.635. The predicted molar refractivity (Wildman–Crippen MR) is 129 cm³/mol. The first-order chi connectivity index (χ1) is 17.1. The van der Waals surface area contributed by atoms with Gasteiger partial charge in [0.05, 0.1) is 19.1 Å². The summed E-state index contributed by atoms with van der Waals surface area (Å²) in [4.78, 5) is 17.7. The summed E-state index contributed by atoms with van der Waals surface area (Å²) in [5.74, 6) is 2.47. The van der Waals surface area contributed by atoms with Crippen molar-refractivity contribution >= 4 is 11.7 Å². The quantitative estimate of drug-likeness (QED) is 0.427. The molecule has 0 radical (unpaired) electrons. The maximum atomic E-state index is 13.2. The number of benzene rings is 2. The summed E-state index contributed by atoms with van der Waals surface area (Å²) < 4.78 is 22.5. The molecular formula is C27H28N2O6. The molecule has 182 valence electrons. The molecule has 2 aromatic carbocycles. The number of rotatable bonds is 10. The van der Waals surface area contributed by atoms with Gasteiger partial charge >= 0.3 is 0 Å². The van der Waals surface area contributed by atoms with Gasteiger partial charge < -0.3 is 29.4 Å². The van der Waals surface area contributed by atoms with Crippen LogP contribution in [0.5, 0.6) is 17.2 Å². The lowest BCUT2D eigenvalue weighted by atomic mass is 9.94. The average molecular weight is 477 g/mol. The van der Waals surface area contributed by atoms with Crippen LogP contribution in [-0.4, -0.2) is 43.1 Å². The molecule has 1 aromatic heterocycles. The molecule has 1 saturated carbocycles. The van der Waals surface area contributed by atoms with Crippen molar-refractivity contribution in [2.24, 2.45) is 0 Å². The number of anilines is 1. The Morgan fingerprint density at radius 1 is 1.14 bits per heavy atom. The minimum Gasteiger partial charge on any atom is -0.496 e. The molecule has 1 aliphatic heterocycles. The summed E-state index contributed by atoms with van der Waals surface area (Å²) in [5.41, 5.74) is 2.03. The van der Waals surface area contributed by atoms with Gasteiger partial charge in [-0.15, -0.1) is 0 Å². The van der Waals surface area contributed by atoms with Gasteiger partial charge in [-0.05, 0) is 49.1 Å². The molecule has 1 fully saturated rings. The smallest absolute Gasteiger partial charge is 0.236 e. The first kappa shape index (κ1) is 23.1. The number of aliphatic hydroxyl groups is 1. The van der Waals surface area contributed by atoms with E-state index in [1.807, 2.05) is 48.5 Å². The van der Waals surface area contributed by atoms with Crippen molar-refractivity contribution in [3.8, 4) is 17.2 Å². The highest BCUT2D eigenvalue weighted by atomic mass is 16.7. The molecule has 2 heterocycles. The van der Waals surface area contributed by atoms with Gasteiger partial charge in [-0.25, -0.2) is 4.98 Å². The van der Waals surface area contributed by atoms with Crippen molar-refractivity contribution in [1.29, 1.82) is 0 Å². The van der Waals surface area contributed by atoms with Gasteiger partial charge in [-0.3, -0.25) is 4.79 Å². The molecule has 8 heteroatoms. The molecule has 0 spiro atoms. The van der Waals surface area contributed by atoms with Crippen LogP contribution in [0, 0.1) is 0 Å². The Labute approximate surface area is 203 Å². The number of methoxy groups -OCH3 is 1. The number of carbonyl (C=O) groups excluding carboxylic acids is 1. The molecular weight excluding hydrogens is 448 g/mol. The average Bonchev–Trinajstić information content (AvgIpc) is 3.58. The summed E-state index contributed by atoms with van der Waals surface area (Å²) in [5, 5.41) is 12.1. The van der Waals surface area contributed by atoms with Crippen molar-refractivity contribution in [3.63, 3.8) is 0 Å². The molecule has 2 aliphatic rings. The minimum absolute atomic E-state index is 0.0486. The molecule has 2 N–H and O–H groups in total. The van der Waals surface area contributed by atoms with E-state index in [0.717, 1.165) is 29.5 Å². The zero-order valence-corrected chi connectivity index (χ0v) is 19.5. The Morgan fingerprint density at radius 3 is 2.71 bits per heavy atom. The summed E-state index contributed by atoms with van der Waals surface area (Å²) >= 11 is 0. The number of carbonyl (C=O) groups is 1. The van der Waals surface area contributed by atoms with Crippen LogP contribution in [0.1, 0.15) is 42.1 Å². The minimum atomic E-state index is -0.575. The van der Waals surface area contributed by atoms with E-state index in [-0.39, 0.29) is 19.3 Å². The number of nitrogens with one attached hydrogen (secondary N) is 1. The maximum Gasteiger partial charge on any atom is 0.236 e. The highest BCUT2D eigenvalue weighted by Gasteiger charge is 2.51. The zero-order chi connectivity index (χ0) is 24.3. The SMILES string of the molecule is COc1ccccc1C(OCCCO)c1ccc(NC(=O)C2(c3ccc4c(c3)OCO4)CC2)nc1. The number of aromatic nitrogens is 1. The van der Waals surface area contributed by atoms with E-state index < -0.39 is 11.5 Å². The van der Waals surface area contributed by atoms with E-state index in [0.29, 0.717) is 36.1 Å². The Hall–Kier alpha value is -3.62. The third kappa shape index (κ3) is 4.67. The molecule has 3 aromatic rings. The van der Waals surface area contributed by atoms with Crippen LogP contribution in [0.15, 0.2) is 60.8 Å². The largest absolute Gasteiger partial charge is 0.496 e. The van der Waals surface area contributed by atoms with Gasteiger partial charge in [0.1, 0.15) is 17.7 Å². The number of ether oxygens (including phenoxy) is 4. The van der Waals surface area contributed by atoms with Crippen molar-refractivity contribution in [2.75, 3.05) is 32.4 Å². The van der Waals surface area contributed by atoms with E-state index in [2.05, 4.69) is 10.3 Å². The molecule has 0 saturated heterocycles. The van der Waals surface area contributed by atoms with Gasteiger partial charge in [0, 0.05) is 23.9 Å². The van der Waals surface area contributed by atoms with E-state index in [9.17, 15) is 4.79 Å². The molecule has 35 heavy (non-hydrogen) atoms. The molecule has 8 nitrogen and oxygen atoms in total. The van der Waals surface area contributed by atoms with Crippen LogP contribution in [0.4, 0.5) is 5.82 Å². The van der Waals surface area contributed by atoms with Gasteiger partial charge in [0.2, 0.25) is 12.7 Å². The van der Waals surface area contributed by atoms with Crippen LogP contribution >= 0.6 is 0 Å². The first-order valence-corrected chi connectivity index (χ1v) is 11.7. The van der Waals surface area contributed by atoms with Crippen molar-refractivity contribution < 1.29 is 28.8 Å². The second-order valence-corrected chi connectivity index (χ2v) is 8.65. The predicted octanol–water partition coefficient (Wildman–Crippen LogP) is 3.98. The lowest BCUT2D eigenvalue weighted by Gasteiger charge is -2.21. The third-order valence-corrected chi connectivity index (χ3v) is 6.45. The van der Waals surface area contributed by atoms with Crippen molar-refractivity contribution in [3.05, 3.63) is 77.5 Å². The van der Waals surface area contributed by atoms with Gasteiger partial charge in [0.15, 0.2) is 11.5 Å². The number of para-hydroxylation sites is 1. The number of hydrogen-bond acceptors (Lipinski definition) is 7. The van der Waals surface area contributed by atoms with Crippen molar-refractivity contribution in [1.82, 2.24) is 4.98 Å². The fourth-order valence-corrected chi connectivity index (χ4v) is 4.35. The van der Waals surface area contributed by atoms with Gasteiger partial charge in [-0.1, -0.05) is 30.3 Å². The van der Waals surface area contributed by atoms with Crippen LogP contribution < -0.4 is 19.5 Å². The molecule has 1 aliphatic carbocycles. The molecule has 1 amide bonds. The lowest BCUT2D eigenvalue weighted by Crippen LogP contribution is -2.28. The summed E-state index contributed by atoms with van der Waals surface area (Å²) in [7, 11) is 1.62. The summed E-state index contributed by atoms with van der Waals surface area (Å²) in [6, 6.07) is 17.0. The third-order valence-electron chi connectivity index (χ3n) is 6.45. The van der Waals surface area contributed by atoms with Gasteiger partial charge in [0.25, 0.3) is 0 Å². The standard InChI is InChI=1S/C27H28N2O6/c1-32-21-6-3-2-5-20(21)25(33-14-4-13-30)18-7-10-24(28-16-18)29-26(31)27(11-12-27)19-8-9-22-23(15-19)35-17-34-22/h2-3,5-10,15-16,25,30H,4,11-14,17H2,1H3,(H,28,29,31). The number of hydrogen-bond donors (Lipinski definition) is 2. The maximum absolute atomic E-state index is 13.2. The van der Waals surface area contributed by atoms with E-state index in [1.165, 1.54) is 0 Å². The second-order valence-electron chi connectivity index (χ2n) is 8.65. The normalized spacial score (nSPS) is 15.9. The number of pyridine rings is 1. The molecule has 5 rings (SSSR count). The van der Waals surface area contributed by atoms with Crippen LogP contribution in [0.25, 0.3) is 0 Å². The Balaban J connectivity index is 1.33. The molecule has 0 bridgehead atoms. The highest BCUT2D eigenvalue weighted by Crippen LogP contribution is 2.51. The number of nitrogens with zero attached hydrogens (tertiary/aromatic N) is 1. The first-order valence-electron chi connectivity index (χ1n) is 11.7. The number of fused-ring (bicyclic) bond motifs is 1. The fourth-order valence-electron chi connectivity index (χ4n) is 4.35. The zero-order valence-electron chi connectivity index (χ0n) is 19.5. The Morgan fingerprint density at radius 2 is 1.97 bits per heavy atom. The van der Waals surface area contributed by atoms with E-state index >= 15 is 0 Å². The summed E-state index contributed by atoms with van der Waals surface area (Å²) in [6.07, 6.45) is 3.34. The Bertz CT molecular complexity index is 1190. The van der Waals surface area contributed by atoms with Gasteiger partial charge in [-0.2, -0.15) is 0 Å². The fraction of sp³-hybridized carbons (Fsp3) is 0.333. The van der Waals surface area contributed by atoms with Crippen LogP contribution in [0.3, 0.4) is 0 Å². The number of amides is 1. The lowest BCUT2D eigenvalue weighted by molar-refractivity contribution is -0.118. The van der Waals surface area contributed by atoms with Crippen LogP contribution in [0.2, 0.25) is 0 Å². The van der Waals surface area contributed by atoms with E-state index in [1.54, 1.807) is 19.4 Å². The monoisotopic (exact) mass is 476 g/mol. The Kier molecular flexibility index (Phi) is 6.57. The molecule has 1 atom stereocenters. The van der Waals surface area contributed by atoms with Crippen LogP contribution in [-0.2, 0) is 14.9 Å². The number of aliphatic hydroxyl groups excluding tert-OH is 1. The topological polar surface area (TPSA) is 99.1 Å². The van der Waals surface area contributed by atoms with E-state index in [4.69, 9.17) is 24.1 Å². The second kappa shape index (κ2) is 9.93. The molecule has 1 unspecified atom stereocenters. The highest BCUT2D eigenvalue weighted by molar-refractivity contribution is 6.01. The van der Waals surface area contributed by atoms with Crippen molar-refractivity contribution in [2.45, 2.75) is 30.8 Å².